The molecule has 0 saturated carbocycles. The quantitative estimate of drug-likeness (QED) is 0.732. The van der Waals surface area contributed by atoms with Gasteiger partial charge in [0.1, 0.15) is 18.4 Å². The van der Waals surface area contributed by atoms with E-state index in [0.717, 1.165) is 32.2 Å². The summed E-state index contributed by atoms with van der Waals surface area (Å²) in [6.45, 7) is 1.74. The molecule has 0 aliphatic carbocycles. The van der Waals surface area contributed by atoms with Crippen LogP contribution < -0.4 is 4.72 Å². The third-order valence-electron chi connectivity index (χ3n) is 3.98. The number of aryl methyl sites for hydroxylation is 1. The van der Waals surface area contributed by atoms with Crippen molar-refractivity contribution in [2.45, 2.75) is 38.3 Å². The van der Waals surface area contributed by atoms with E-state index in [2.05, 4.69) is 14.9 Å². The number of unbranched alkanes of at least 4 members (excludes halogenated alkanes) is 1. The Kier molecular flexibility index (Phi) is 5.09. The smallest absolute Gasteiger partial charge is 0.280 e. The Morgan fingerprint density at radius 3 is 2.87 bits per heavy atom. The first-order valence-corrected chi connectivity index (χ1v) is 9.23. The summed E-state index contributed by atoms with van der Waals surface area (Å²) in [6.07, 6.45) is 8.16. The van der Waals surface area contributed by atoms with Crippen molar-refractivity contribution in [3.05, 3.63) is 36.8 Å². The van der Waals surface area contributed by atoms with Crippen molar-refractivity contribution in [1.29, 1.82) is 0 Å². The molecule has 9 heteroatoms. The normalized spacial score (nSPS) is 19.4. The zero-order valence-electron chi connectivity index (χ0n) is 12.8. The number of rotatable bonds is 8. The standard InChI is InChI=1S/C14H21N5O3S/c20-23(21,17-7-1-2-8-18-11-15-16-12-18)19-9-3-5-13(19)14-6-4-10-22-14/h4,6,10-13,17H,1-3,5,7-9H2/t13-/m1/s1. The van der Waals surface area contributed by atoms with E-state index >= 15 is 0 Å². The van der Waals surface area contributed by atoms with Gasteiger partial charge in [-0.25, -0.2) is 4.72 Å². The second kappa shape index (κ2) is 7.24. The third-order valence-corrected chi connectivity index (χ3v) is 5.60. The van der Waals surface area contributed by atoms with Crippen LogP contribution in [0.15, 0.2) is 35.5 Å². The van der Waals surface area contributed by atoms with E-state index < -0.39 is 10.2 Å². The van der Waals surface area contributed by atoms with Gasteiger partial charge in [0.25, 0.3) is 10.2 Å². The summed E-state index contributed by atoms with van der Waals surface area (Å²) in [5.41, 5.74) is 0. The van der Waals surface area contributed by atoms with E-state index in [0.29, 0.717) is 18.8 Å². The van der Waals surface area contributed by atoms with E-state index in [4.69, 9.17) is 4.42 Å². The van der Waals surface area contributed by atoms with Crippen LogP contribution >= 0.6 is 0 Å². The summed E-state index contributed by atoms with van der Waals surface area (Å²) in [7, 11) is -3.48. The summed E-state index contributed by atoms with van der Waals surface area (Å²) in [4.78, 5) is 0. The van der Waals surface area contributed by atoms with Crippen LogP contribution in [0.1, 0.15) is 37.5 Å². The molecule has 23 heavy (non-hydrogen) atoms. The zero-order chi connectivity index (χ0) is 16.1. The van der Waals surface area contributed by atoms with Crippen molar-refractivity contribution >= 4 is 10.2 Å². The predicted octanol–water partition coefficient (Wildman–Crippen LogP) is 1.32. The van der Waals surface area contributed by atoms with Crippen LogP contribution in [0.3, 0.4) is 0 Å². The van der Waals surface area contributed by atoms with Gasteiger partial charge in [-0.1, -0.05) is 0 Å². The Hall–Kier alpha value is -1.71. The number of hydrogen-bond donors (Lipinski definition) is 1. The predicted molar refractivity (Wildman–Crippen MR) is 83.6 cm³/mol. The molecule has 1 aliphatic rings. The van der Waals surface area contributed by atoms with E-state index in [1.54, 1.807) is 25.0 Å². The summed E-state index contributed by atoms with van der Waals surface area (Å²) in [5.74, 6) is 0.709. The van der Waals surface area contributed by atoms with Crippen LogP contribution in [-0.4, -0.2) is 40.6 Å². The van der Waals surface area contributed by atoms with Gasteiger partial charge in [0.2, 0.25) is 0 Å². The Bertz CT molecular complexity index is 684. The lowest BCUT2D eigenvalue weighted by Crippen LogP contribution is -2.40. The molecule has 0 spiro atoms. The molecule has 3 heterocycles. The molecule has 0 bridgehead atoms. The average Bonchev–Trinajstić information content (AvgIpc) is 3.27. The maximum Gasteiger partial charge on any atom is 0.280 e. The molecule has 1 saturated heterocycles. The Balaban J connectivity index is 1.48. The number of aromatic nitrogens is 3. The van der Waals surface area contributed by atoms with Crippen LogP contribution in [0.5, 0.6) is 0 Å². The Morgan fingerprint density at radius 2 is 2.13 bits per heavy atom. The van der Waals surface area contributed by atoms with Crippen LogP contribution in [0.25, 0.3) is 0 Å². The van der Waals surface area contributed by atoms with Gasteiger partial charge in [0.15, 0.2) is 0 Å². The molecule has 2 aromatic rings. The molecule has 126 valence electrons. The molecule has 0 aromatic carbocycles. The van der Waals surface area contributed by atoms with Crippen molar-refractivity contribution in [1.82, 2.24) is 23.8 Å². The van der Waals surface area contributed by atoms with E-state index in [1.165, 1.54) is 4.31 Å². The molecule has 0 amide bonds. The molecule has 0 unspecified atom stereocenters. The fourth-order valence-corrected chi connectivity index (χ4v) is 4.32. The SMILES string of the molecule is O=S(=O)(NCCCCn1cnnc1)N1CCC[C@@H]1c1ccco1. The van der Waals surface area contributed by atoms with Gasteiger partial charge < -0.3 is 8.98 Å². The average molecular weight is 339 g/mol. The lowest BCUT2D eigenvalue weighted by atomic mass is 10.2. The Labute approximate surface area is 135 Å². The zero-order valence-corrected chi connectivity index (χ0v) is 13.7. The van der Waals surface area contributed by atoms with Crippen molar-refractivity contribution in [2.75, 3.05) is 13.1 Å². The maximum absolute atomic E-state index is 12.5. The fourth-order valence-electron chi connectivity index (χ4n) is 2.83. The molecule has 1 N–H and O–H groups in total. The molecule has 8 nitrogen and oxygen atoms in total. The molecule has 0 radical (unpaired) electrons. The minimum absolute atomic E-state index is 0.195. The highest BCUT2D eigenvalue weighted by molar-refractivity contribution is 7.87. The molecule has 3 rings (SSSR count). The van der Waals surface area contributed by atoms with Crippen molar-refractivity contribution in [3.63, 3.8) is 0 Å². The van der Waals surface area contributed by atoms with Crippen LogP contribution in [0.4, 0.5) is 0 Å². The highest BCUT2D eigenvalue weighted by Gasteiger charge is 2.36. The third kappa shape index (κ3) is 3.98. The number of nitrogens with zero attached hydrogens (tertiary/aromatic N) is 4. The number of hydrogen-bond acceptors (Lipinski definition) is 5. The van der Waals surface area contributed by atoms with Gasteiger partial charge in [-0.15, -0.1) is 10.2 Å². The second-order valence-electron chi connectivity index (χ2n) is 5.59. The summed E-state index contributed by atoms with van der Waals surface area (Å²) in [5, 5.41) is 7.46. The lowest BCUT2D eigenvalue weighted by molar-refractivity contribution is 0.335. The first-order chi connectivity index (χ1) is 11.2. The highest BCUT2D eigenvalue weighted by atomic mass is 32.2. The lowest BCUT2D eigenvalue weighted by Gasteiger charge is -2.22. The maximum atomic E-state index is 12.5. The van der Waals surface area contributed by atoms with E-state index in [1.807, 2.05) is 10.6 Å². The first kappa shape index (κ1) is 16.2. The van der Waals surface area contributed by atoms with Crippen LogP contribution in [0.2, 0.25) is 0 Å². The monoisotopic (exact) mass is 339 g/mol. The van der Waals surface area contributed by atoms with Crippen LogP contribution in [-0.2, 0) is 16.8 Å². The topological polar surface area (TPSA) is 93.3 Å². The van der Waals surface area contributed by atoms with Crippen molar-refractivity contribution in [3.8, 4) is 0 Å². The minimum atomic E-state index is -3.48. The van der Waals surface area contributed by atoms with Gasteiger partial charge in [-0.05, 0) is 37.8 Å². The molecular formula is C14H21N5O3S. The second-order valence-corrected chi connectivity index (χ2v) is 7.30. The van der Waals surface area contributed by atoms with Crippen molar-refractivity contribution in [2.24, 2.45) is 0 Å². The summed E-state index contributed by atoms with van der Waals surface area (Å²) >= 11 is 0. The molecule has 1 fully saturated rings. The van der Waals surface area contributed by atoms with E-state index in [-0.39, 0.29) is 6.04 Å². The van der Waals surface area contributed by atoms with Gasteiger partial charge in [-0.2, -0.15) is 12.7 Å². The Morgan fingerprint density at radius 1 is 1.30 bits per heavy atom. The van der Waals surface area contributed by atoms with Crippen LogP contribution in [0, 0.1) is 0 Å². The summed E-state index contributed by atoms with van der Waals surface area (Å²) < 4.78 is 36.4. The van der Waals surface area contributed by atoms with Gasteiger partial charge >= 0.3 is 0 Å². The van der Waals surface area contributed by atoms with Gasteiger partial charge in [-0.3, -0.25) is 0 Å². The van der Waals surface area contributed by atoms with Gasteiger partial charge in [0, 0.05) is 19.6 Å². The number of nitrogens with one attached hydrogen (secondary N) is 1. The molecule has 1 aliphatic heterocycles. The molecule has 1 atom stereocenters. The highest BCUT2D eigenvalue weighted by Crippen LogP contribution is 2.33. The molecular weight excluding hydrogens is 318 g/mol. The molecule has 2 aromatic heterocycles. The first-order valence-electron chi connectivity index (χ1n) is 7.79. The van der Waals surface area contributed by atoms with E-state index in [9.17, 15) is 8.42 Å². The number of furan rings is 1. The summed E-state index contributed by atoms with van der Waals surface area (Å²) in [6, 6.07) is 3.42. The minimum Gasteiger partial charge on any atom is -0.468 e. The van der Waals surface area contributed by atoms with Crippen molar-refractivity contribution < 1.29 is 12.8 Å². The fraction of sp³-hybridized carbons (Fsp3) is 0.571. The van der Waals surface area contributed by atoms with Gasteiger partial charge in [0.05, 0.1) is 12.3 Å². The largest absolute Gasteiger partial charge is 0.468 e.